The molecule has 2 atom stereocenters. The van der Waals surface area contributed by atoms with Gasteiger partial charge < -0.3 is 15.8 Å². The summed E-state index contributed by atoms with van der Waals surface area (Å²) in [6.07, 6.45) is -0.265. The predicted octanol–water partition coefficient (Wildman–Crippen LogP) is 4.27. The van der Waals surface area contributed by atoms with Crippen molar-refractivity contribution in [2.24, 2.45) is 5.73 Å². The Morgan fingerprint density at radius 1 is 1.00 bits per heavy atom. The Morgan fingerprint density at radius 3 is 2.39 bits per heavy atom. The van der Waals surface area contributed by atoms with Gasteiger partial charge in [0.05, 0.1) is 6.54 Å². The molecule has 1 aliphatic rings. The highest BCUT2D eigenvalue weighted by molar-refractivity contribution is 6.35. The van der Waals surface area contributed by atoms with Crippen molar-refractivity contribution in [1.82, 2.24) is 10.2 Å². The molecule has 1 heterocycles. The zero-order valence-corrected chi connectivity index (χ0v) is 20.8. The number of fused-ring (bicyclic) bond motifs is 1. The van der Waals surface area contributed by atoms with Gasteiger partial charge in [-0.1, -0.05) is 83.9 Å². The second-order valence-corrected chi connectivity index (χ2v) is 9.40. The number of nitrogens with two attached hydrogens (primary N) is 1. The fourth-order valence-electron chi connectivity index (χ4n) is 4.15. The summed E-state index contributed by atoms with van der Waals surface area (Å²) >= 11 is 12.2. The second-order valence-electron chi connectivity index (χ2n) is 8.56. The van der Waals surface area contributed by atoms with Gasteiger partial charge in [-0.2, -0.15) is 0 Å². The van der Waals surface area contributed by atoms with Gasteiger partial charge in [-0.15, -0.1) is 0 Å². The Morgan fingerprint density at radius 2 is 1.69 bits per heavy atom. The maximum atomic E-state index is 13.4. The van der Waals surface area contributed by atoms with Crippen LogP contribution in [0.2, 0.25) is 10.0 Å². The van der Waals surface area contributed by atoms with E-state index < -0.39 is 30.0 Å². The summed E-state index contributed by atoms with van der Waals surface area (Å²) in [4.78, 5) is 40.1. The molecule has 4 rings (SSSR count). The highest BCUT2D eigenvalue weighted by Gasteiger charge is 2.37. The van der Waals surface area contributed by atoms with Crippen molar-refractivity contribution in [2.75, 3.05) is 0 Å². The number of rotatable bonds is 7. The molecule has 0 saturated heterocycles. The topological polar surface area (TPSA) is 102 Å². The van der Waals surface area contributed by atoms with Crippen LogP contribution in [0.25, 0.3) is 0 Å². The van der Waals surface area contributed by atoms with Crippen molar-refractivity contribution in [3.63, 3.8) is 0 Å². The van der Waals surface area contributed by atoms with E-state index >= 15 is 0 Å². The van der Waals surface area contributed by atoms with E-state index in [-0.39, 0.29) is 26.0 Å². The summed E-state index contributed by atoms with van der Waals surface area (Å²) in [5.41, 5.74) is 8.91. The van der Waals surface area contributed by atoms with Gasteiger partial charge in [0.25, 0.3) is 0 Å². The molecular formula is C27H25Cl2N3O4. The number of carbonyl (C=O) groups is 3. The number of hydrogen-bond acceptors (Lipinski definition) is 4. The first-order chi connectivity index (χ1) is 17.3. The minimum absolute atomic E-state index is 0.0745. The minimum Gasteiger partial charge on any atom is -0.445 e. The third kappa shape index (κ3) is 6.17. The summed E-state index contributed by atoms with van der Waals surface area (Å²) in [7, 11) is 0. The lowest BCUT2D eigenvalue weighted by Gasteiger charge is -2.35. The van der Waals surface area contributed by atoms with Crippen molar-refractivity contribution in [1.29, 1.82) is 0 Å². The van der Waals surface area contributed by atoms with Crippen LogP contribution in [0.1, 0.15) is 22.3 Å². The van der Waals surface area contributed by atoms with Crippen LogP contribution < -0.4 is 11.1 Å². The van der Waals surface area contributed by atoms with Gasteiger partial charge in [0, 0.05) is 22.9 Å². The zero-order valence-electron chi connectivity index (χ0n) is 19.3. The Kier molecular flexibility index (Phi) is 8.13. The summed E-state index contributed by atoms with van der Waals surface area (Å²) in [6, 6.07) is 19.8. The van der Waals surface area contributed by atoms with E-state index in [1.54, 1.807) is 18.2 Å². The smallest absolute Gasteiger partial charge is 0.411 e. The van der Waals surface area contributed by atoms with Crippen LogP contribution in [0.15, 0.2) is 72.8 Å². The number of nitrogens with zero attached hydrogens (tertiary/aromatic N) is 1. The zero-order chi connectivity index (χ0) is 25.7. The van der Waals surface area contributed by atoms with E-state index in [0.717, 1.165) is 16.7 Å². The first-order valence-electron chi connectivity index (χ1n) is 11.4. The molecule has 0 bridgehead atoms. The monoisotopic (exact) mass is 525 g/mol. The quantitative estimate of drug-likeness (QED) is 0.480. The molecule has 3 aromatic carbocycles. The normalized spacial score (nSPS) is 15.5. The van der Waals surface area contributed by atoms with Gasteiger partial charge in [-0.3, -0.25) is 14.5 Å². The molecule has 0 spiro atoms. The van der Waals surface area contributed by atoms with Gasteiger partial charge >= 0.3 is 6.09 Å². The summed E-state index contributed by atoms with van der Waals surface area (Å²) in [5, 5.41) is 3.53. The van der Waals surface area contributed by atoms with Crippen molar-refractivity contribution >= 4 is 41.1 Å². The van der Waals surface area contributed by atoms with Crippen LogP contribution in [-0.2, 0) is 40.3 Å². The highest BCUT2D eigenvalue weighted by Crippen LogP contribution is 2.26. The van der Waals surface area contributed by atoms with Crippen molar-refractivity contribution < 1.29 is 19.1 Å². The van der Waals surface area contributed by atoms with Crippen LogP contribution >= 0.6 is 23.2 Å². The van der Waals surface area contributed by atoms with E-state index in [4.69, 9.17) is 33.7 Å². The Hall–Kier alpha value is -3.55. The first kappa shape index (κ1) is 25.5. The first-order valence-corrected chi connectivity index (χ1v) is 12.1. The maximum Gasteiger partial charge on any atom is 0.411 e. The highest BCUT2D eigenvalue weighted by atomic mass is 35.5. The molecule has 0 aliphatic carbocycles. The van der Waals surface area contributed by atoms with E-state index in [2.05, 4.69) is 5.32 Å². The average Bonchev–Trinajstić information content (AvgIpc) is 2.88. The molecule has 9 heteroatoms. The number of carbonyl (C=O) groups excluding carboxylic acids is 3. The van der Waals surface area contributed by atoms with Crippen LogP contribution in [0.4, 0.5) is 4.79 Å². The number of hydrogen-bond donors (Lipinski definition) is 2. The number of ether oxygens (including phenoxy) is 1. The number of amides is 3. The predicted molar refractivity (Wildman–Crippen MR) is 137 cm³/mol. The number of benzene rings is 3. The van der Waals surface area contributed by atoms with Crippen molar-refractivity contribution in [3.8, 4) is 0 Å². The molecule has 3 aromatic rings. The van der Waals surface area contributed by atoms with Gasteiger partial charge in [-0.25, -0.2) is 4.79 Å². The molecule has 0 fully saturated rings. The van der Waals surface area contributed by atoms with E-state index in [9.17, 15) is 14.4 Å². The SMILES string of the molecule is NC(=O)[C@H](Cc1ccc(Cl)cc1Cl)NC(=O)[C@@H]1Cc2ccccc2CN1C(=O)OCc1ccccc1. The van der Waals surface area contributed by atoms with Gasteiger partial charge in [-0.05, 0) is 34.4 Å². The second kappa shape index (κ2) is 11.5. The summed E-state index contributed by atoms with van der Waals surface area (Å²) in [6.45, 7) is 0.275. The Bertz CT molecular complexity index is 1270. The molecular weight excluding hydrogens is 501 g/mol. The molecule has 0 unspecified atom stereocenters. The Labute approximate surface area is 219 Å². The van der Waals surface area contributed by atoms with E-state index in [1.165, 1.54) is 4.90 Å². The molecule has 0 saturated carbocycles. The largest absolute Gasteiger partial charge is 0.445 e. The average molecular weight is 526 g/mol. The number of halogens is 2. The third-order valence-electron chi connectivity index (χ3n) is 6.09. The van der Waals surface area contributed by atoms with Gasteiger partial charge in [0.1, 0.15) is 18.7 Å². The molecule has 0 radical (unpaired) electrons. The molecule has 7 nitrogen and oxygen atoms in total. The Balaban J connectivity index is 1.52. The van der Waals surface area contributed by atoms with Crippen molar-refractivity contribution in [3.05, 3.63) is 105 Å². The van der Waals surface area contributed by atoms with Crippen LogP contribution in [0, 0.1) is 0 Å². The lowest BCUT2D eigenvalue weighted by Crippen LogP contribution is -2.56. The van der Waals surface area contributed by atoms with E-state index in [1.807, 2.05) is 54.6 Å². The molecule has 3 N–H and O–H groups in total. The van der Waals surface area contributed by atoms with Crippen molar-refractivity contribution in [2.45, 2.75) is 38.1 Å². The van der Waals surface area contributed by atoms with E-state index in [0.29, 0.717) is 15.6 Å². The molecule has 186 valence electrons. The van der Waals surface area contributed by atoms with Crippen LogP contribution in [-0.4, -0.2) is 34.9 Å². The molecule has 3 amide bonds. The third-order valence-corrected chi connectivity index (χ3v) is 6.68. The molecule has 1 aliphatic heterocycles. The fourth-order valence-corrected chi connectivity index (χ4v) is 4.63. The number of primary amides is 1. The van der Waals surface area contributed by atoms with Gasteiger partial charge in [0.15, 0.2) is 0 Å². The lowest BCUT2D eigenvalue weighted by atomic mass is 9.93. The standard InChI is InChI=1S/C27H25Cl2N3O4/c28-21-11-10-19(22(29)14-21)12-23(25(30)33)31-26(34)24-13-18-8-4-5-9-20(18)15-32(24)27(35)36-16-17-6-2-1-3-7-17/h1-11,14,23-24H,12-13,15-16H2,(H2,30,33)(H,31,34)/t23-,24-/m0/s1. The van der Waals surface area contributed by atoms with Crippen LogP contribution in [0.3, 0.4) is 0 Å². The fraction of sp³-hybridized carbons (Fsp3) is 0.222. The maximum absolute atomic E-state index is 13.4. The minimum atomic E-state index is -1.03. The number of nitrogens with one attached hydrogen (secondary N) is 1. The molecule has 0 aromatic heterocycles. The summed E-state index contributed by atoms with van der Waals surface area (Å²) < 4.78 is 5.52. The summed E-state index contributed by atoms with van der Waals surface area (Å²) in [5.74, 6) is -1.22. The van der Waals surface area contributed by atoms with Crippen LogP contribution in [0.5, 0.6) is 0 Å². The molecule has 36 heavy (non-hydrogen) atoms. The van der Waals surface area contributed by atoms with Gasteiger partial charge in [0.2, 0.25) is 11.8 Å². The lowest BCUT2D eigenvalue weighted by molar-refractivity contribution is -0.131.